The van der Waals surface area contributed by atoms with Gasteiger partial charge in [0, 0.05) is 32.9 Å². The maximum atomic E-state index is 2.42. The zero-order valence-corrected chi connectivity index (χ0v) is 34.0. The molecule has 0 aliphatic carbocycles. The molecule has 0 saturated carbocycles. The molecule has 0 saturated heterocycles. The first-order valence-corrected chi connectivity index (χ1v) is 21.3. The van der Waals surface area contributed by atoms with Crippen LogP contribution in [0.1, 0.15) is 0 Å². The minimum absolute atomic E-state index is 1.14. The third kappa shape index (κ3) is 6.12. The van der Waals surface area contributed by atoms with E-state index in [4.69, 9.17) is 0 Å². The highest BCUT2D eigenvalue weighted by molar-refractivity contribution is 6.13. The predicted molar refractivity (Wildman–Crippen MR) is 262 cm³/mol. The fourth-order valence-electron chi connectivity index (χ4n) is 9.47. The van der Waals surface area contributed by atoms with E-state index in [-0.39, 0.29) is 0 Å². The van der Waals surface area contributed by atoms with E-state index in [1.807, 2.05) is 0 Å². The SMILES string of the molecule is c1ccc(-c2ccc(-c3ccc4c(c3)c3cc(-c5ccc6c(c5)c5ccccc5n6-c5cccc(-c6ccccc6)c5)ccc3n4-c3ccc(-c4ccccc4)cc3)cc2)cc1. The highest BCUT2D eigenvalue weighted by atomic mass is 15.0. The third-order valence-corrected chi connectivity index (χ3v) is 12.5. The number of hydrogen-bond acceptors (Lipinski definition) is 0. The highest BCUT2D eigenvalue weighted by Gasteiger charge is 2.18. The van der Waals surface area contributed by atoms with Gasteiger partial charge in [-0.1, -0.05) is 176 Å². The van der Waals surface area contributed by atoms with Crippen LogP contribution < -0.4 is 0 Å². The van der Waals surface area contributed by atoms with E-state index < -0.39 is 0 Å². The topological polar surface area (TPSA) is 9.86 Å². The monoisotopic (exact) mass is 788 g/mol. The number of rotatable bonds is 7. The molecule has 2 heterocycles. The lowest BCUT2D eigenvalue weighted by atomic mass is 9.98. The Morgan fingerprint density at radius 2 is 0.500 bits per heavy atom. The van der Waals surface area contributed by atoms with E-state index >= 15 is 0 Å². The van der Waals surface area contributed by atoms with Gasteiger partial charge in [-0.2, -0.15) is 0 Å². The molecule has 2 heteroatoms. The molecular weight excluding hydrogens is 749 g/mol. The van der Waals surface area contributed by atoms with Crippen molar-refractivity contribution >= 4 is 43.6 Å². The average molecular weight is 789 g/mol. The molecule has 12 rings (SSSR count). The predicted octanol–water partition coefficient (Wildman–Crippen LogP) is 16.2. The quantitative estimate of drug-likeness (QED) is 0.152. The molecule has 0 N–H and O–H groups in total. The number of aromatic nitrogens is 2. The Morgan fingerprint density at radius 3 is 1.03 bits per heavy atom. The number of nitrogens with zero attached hydrogens (tertiary/aromatic N) is 2. The zero-order chi connectivity index (χ0) is 41.0. The van der Waals surface area contributed by atoms with Crippen molar-refractivity contribution in [3.8, 4) is 67.0 Å². The summed E-state index contributed by atoms with van der Waals surface area (Å²) in [4.78, 5) is 0. The molecule has 2 nitrogen and oxygen atoms in total. The van der Waals surface area contributed by atoms with E-state index in [0.717, 1.165) is 11.4 Å². The Hall–Kier alpha value is -8.20. The van der Waals surface area contributed by atoms with Crippen molar-refractivity contribution in [2.24, 2.45) is 0 Å². The van der Waals surface area contributed by atoms with Crippen molar-refractivity contribution in [3.05, 3.63) is 243 Å². The second-order valence-corrected chi connectivity index (χ2v) is 16.2. The fraction of sp³-hybridized carbons (Fsp3) is 0. The molecule has 0 unspecified atom stereocenters. The number of para-hydroxylation sites is 1. The Balaban J connectivity index is 1.00. The minimum Gasteiger partial charge on any atom is -0.309 e. The van der Waals surface area contributed by atoms with Crippen LogP contribution in [0.3, 0.4) is 0 Å². The molecule has 62 heavy (non-hydrogen) atoms. The normalized spacial score (nSPS) is 11.5. The molecular formula is C60H40N2. The fourth-order valence-corrected chi connectivity index (χ4v) is 9.47. The van der Waals surface area contributed by atoms with Gasteiger partial charge in [-0.15, -0.1) is 0 Å². The maximum absolute atomic E-state index is 2.42. The van der Waals surface area contributed by atoms with Crippen molar-refractivity contribution < 1.29 is 0 Å². The lowest BCUT2D eigenvalue weighted by Gasteiger charge is -2.11. The van der Waals surface area contributed by atoms with Crippen LogP contribution in [0, 0.1) is 0 Å². The standard InChI is InChI=1S/C60H40N2/c1-4-13-41(14-5-1)44-23-25-46(26-24-44)48-29-34-59-55(38-48)56-40-50(31-36-60(56)61(59)51-32-27-45(28-33-51)42-15-6-2-7-16-42)49-30-35-58-54(39-49)53-21-10-11-22-57(53)62(58)52-20-12-19-47(37-52)43-17-8-3-9-18-43/h1-40H. The largest absolute Gasteiger partial charge is 0.309 e. The number of fused-ring (bicyclic) bond motifs is 6. The van der Waals surface area contributed by atoms with Gasteiger partial charge >= 0.3 is 0 Å². The molecule has 0 aliphatic heterocycles. The molecule has 10 aromatic carbocycles. The molecule has 0 aliphatic rings. The van der Waals surface area contributed by atoms with E-state index in [2.05, 4.69) is 252 Å². The van der Waals surface area contributed by atoms with E-state index in [9.17, 15) is 0 Å². The molecule has 2 aromatic heterocycles. The minimum atomic E-state index is 1.14. The van der Waals surface area contributed by atoms with E-state index in [1.54, 1.807) is 0 Å². The molecule has 0 bridgehead atoms. The summed E-state index contributed by atoms with van der Waals surface area (Å²) in [5.74, 6) is 0. The first kappa shape index (κ1) is 35.7. The lowest BCUT2D eigenvalue weighted by Crippen LogP contribution is -1.94. The van der Waals surface area contributed by atoms with Gasteiger partial charge in [-0.3, -0.25) is 0 Å². The van der Waals surface area contributed by atoms with Crippen LogP contribution in [0.5, 0.6) is 0 Å². The zero-order valence-electron chi connectivity index (χ0n) is 34.0. The molecule has 12 aromatic rings. The van der Waals surface area contributed by atoms with Crippen LogP contribution in [0.4, 0.5) is 0 Å². The van der Waals surface area contributed by atoms with Crippen molar-refractivity contribution in [1.82, 2.24) is 9.13 Å². The van der Waals surface area contributed by atoms with Gasteiger partial charge in [0.15, 0.2) is 0 Å². The summed E-state index contributed by atoms with van der Waals surface area (Å²) in [6.45, 7) is 0. The van der Waals surface area contributed by atoms with Gasteiger partial charge in [-0.05, 0) is 122 Å². The summed E-state index contributed by atoms with van der Waals surface area (Å²) in [5, 5.41) is 4.95. The second-order valence-electron chi connectivity index (χ2n) is 16.2. The van der Waals surface area contributed by atoms with Crippen LogP contribution in [0.25, 0.3) is 111 Å². The van der Waals surface area contributed by atoms with Crippen molar-refractivity contribution in [3.63, 3.8) is 0 Å². The van der Waals surface area contributed by atoms with Gasteiger partial charge in [0.05, 0.1) is 22.1 Å². The Morgan fingerprint density at radius 1 is 0.177 bits per heavy atom. The summed E-state index contributed by atoms with van der Waals surface area (Å²) in [6.07, 6.45) is 0. The summed E-state index contributed by atoms with van der Waals surface area (Å²) in [7, 11) is 0. The summed E-state index contributed by atoms with van der Waals surface area (Å²) in [6, 6.07) is 88.4. The smallest absolute Gasteiger partial charge is 0.0541 e. The van der Waals surface area contributed by atoms with Crippen LogP contribution >= 0.6 is 0 Å². The molecule has 290 valence electrons. The van der Waals surface area contributed by atoms with Gasteiger partial charge in [0.1, 0.15) is 0 Å². The van der Waals surface area contributed by atoms with Crippen LogP contribution in [0.15, 0.2) is 243 Å². The van der Waals surface area contributed by atoms with Crippen molar-refractivity contribution in [1.29, 1.82) is 0 Å². The van der Waals surface area contributed by atoms with Crippen molar-refractivity contribution in [2.75, 3.05) is 0 Å². The molecule has 0 atom stereocenters. The Labute approximate surface area is 360 Å². The van der Waals surface area contributed by atoms with Gasteiger partial charge in [-0.25, -0.2) is 0 Å². The van der Waals surface area contributed by atoms with Gasteiger partial charge in [0.25, 0.3) is 0 Å². The average Bonchev–Trinajstić information content (AvgIpc) is 3.87. The molecule has 0 radical (unpaired) electrons. The van der Waals surface area contributed by atoms with E-state index in [1.165, 1.54) is 99.2 Å². The van der Waals surface area contributed by atoms with Crippen LogP contribution in [0.2, 0.25) is 0 Å². The third-order valence-electron chi connectivity index (χ3n) is 12.5. The lowest BCUT2D eigenvalue weighted by molar-refractivity contribution is 1.18. The van der Waals surface area contributed by atoms with Crippen molar-refractivity contribution in [2.45, 2.75) is 0 Å². The summed E-state index contributed by atoms with van der Waals surface area (Å²) in [5.41, 5.74) is 19.1. The number of hydrogen-bond donors (Lipinski definition) is 0. The Kier molecular flexibility index (Phi) is 8.53. The Bertz CT molecular complexity index is 3580. The molecule has 0 fully saturated rings. The van der Waals surface area contributed by atoms with E-state index in [0.29, 0.717) is 0 Å². The summed E-state index contributed by atoms with van der Waals surface area (Å²) < 4.78 is 4.83. The first-order valence-electron chi connectivity index (χ1n) is 21.3. The first-order chi connectivity index (χ1) is 30.7. The van der Waals surface area contributed by atoms with Crippen LogP contribution in [-0.2, 0) is 0 Å². The number of benzene rings is 10. The van der Waals surface area contributed by atoms with Gasteiger partial charge < -0.3 is 9.13 Å². The van der Waals surface area contributed by atoms with Crippen LogP contribution in [-0.4, -0.2) is 9.13 Å². The van der Waals surface area contributed by atoms with Gasteiger partial charge in [0.2, 0.25) is 0 Å². The maximum Gasteiger partial charge on any atom is 0.0541 e. The second kappa shape index (κ2) is 14.8. The molecule has 0 amide bonds. The highest BCUT2D eigenvalue weighted by Crippen LogP contribution is 2.40. The molecule has 0 spiro atoms. The summed E-state index contributed by atoms with van der Waals surface area (Å²) >= 11 is 0.